The van der Waals surface area contributed by atoms with Gasteiger partial charge in [-0.25, -0.2) is 4.98 Å². The zero-order valence-electron chi connectivity index (χ0n) is 13.4. The Balaban J connectivity index is 1.84. The molecule has 23 heavy (non-hydrogen) atoms. The number of aryl methyl sites for hydroxylation is 3. The summed E-state index contributed by atoms with van der Waals surface area (Å²) in [5, 5.41) is 27.3. The number of fused-ring (bicyclic) bond motifs is 1. The highest BCUT2D eigenvalue weighted by molar-refractivity contribution is 5.56. The van der Waals surface area contributed by atoms with Crippen LogP contribution >= 0.6 is 0 Å². The Morgan fingerprint density at radius 2 is 1.87 bits per heavy atom. The lowest BCUT2D eigenvalue weighted by atomic mass is 10.1. The van der Waals surface area contributed by atoms with Crippen molar-refractivity contribution in [2.24, 2.45) is 0 Å². The maximum Gasteiger partial charge on any atom is 0.160 e. The Morgan fingerprint density at radius 1 is 1.17 bits per heavy atom. The maximum atomic E-state index is 10.3. The first-order valence-electron chi connectivity index (χ1n) is 7.50. The van der Waals surface area contributed by atoms with Crippen LogP contribution in [-0.4, -0.2) is 31.4 Å². The second kappa shape index (κ2) is 5.89. The predicted molar refractivity (Wildman–Crippen MR) is 88.8 cm³/mol. The minimum absolute atomic E-state index is 0.183. The Bertz CT molecular complexity index is 840. The fourth-order valence-electron chi connectivity index (χ4n) is 2.49. The Labute approximate surface area is 134 Å². The zero-order chi connectivity index (χ0) is 16.6. The molecule has 3 N–H and O–H groups in total. The fourth-order valence-corrected chi connectivity index (χ4v) is 2.49. The Kier molecular flexibility index (Phi) is 3.92. The van der Waals surface area contributed by atoms with E-state index in [9.17, 15) is 10.2 Å². The van der Waals surface area contributed by atoms with Gasteiger partial charge in [0.2, 0.25) is 0 Å². The van der Waals surface area contributed by atoms with E-state index in [1.807, 2.05) is 26.8 Å². The number of anilines is 1. The SMILES string of the molecule is Cc1cc(NC[C@H](O)c2ccc(O)cc2)n2nc(C)c(C)c2n1. The summed E-state index contributed by atoms with van der Waals surface area (Å²) in [7, 11) is 0. The molecule has 0 bridgehead atoms. The fraction of sp³-hybridized carbons (Fsp3) is 0.294. The van der Waals surface area contributed by atoms with Crippen molar-refractivity contribution in [1.29, 1.82) is 0 Å². The molecule has 2 heterocycles. The van der Waals surface area contributed by atoms with E-state index in [-0.39, 0.29) is 5.75 Å². The minimum atomic E-state index is -0.683. The van der Waals surface area contributed by atoms with Crippen molar-refractivity contribution in [3.05, 3.63) is 52.8 Å². The number of phenolic OH excluding ortho intramolecular Hbond substituents is 1. The molecule has 0 fully saturated rings. The molecule has 0 spiro atoms. The summed E-state index contributed by atoms with van der Waals surface area (Å²) in [4.78, 5) is 4.52. The van der Waals surface area contributed by atoms with E-state index in [1.54, 1.807) is 28.8 Å². The third-order valence-electron chi connectivity index (χ3n) is 3.94. The smallest absolute Gasteiger partial charge is 0.160 e. The summed E-state index contributed by atoms with van der Waals surface area (Å²) in [5.74, 6) is 0.976. The molecule has 0 aliphatic heterocycles. The molecule has 120 valence electrons. The normalized spacial score (nSPS) is 12.5. The number of phenols is 1. The molecule has 0 aliphatic rings. The predicted octanol–water partition coefficient (Wildman–Crippen LogP) is 2.51. The topological polar surface area (TPSA) is 82.7 Å². The van der Waals surface area contributed by atoms with Crippen LogP contribution in [0.1, 0.15) is 28.6 Å². The van der Waals surface area contributed by atoms with Crippen LogP contribution in [0.5, 0.6) is 5.75 Å². The van der Waals surface area contributed by atoms with Gasteiger partial charge in [-0.05, 0) is 38.5 Å². The van der Waals surface area contributed by atoms with Gasteiger partial charge in [-0.2, -0.15) is 9.61 Å². The number of nitrogens with one attached hydrogen (secondary N) is 1. The number of aromatic hydroxyl groups is 1. The molecular weight excluding hydrogens is 292 g/mol. The molecule has 3 rings (SSSR count). The summed E-state index contributed by atoms with van der Waals surface area (Å²) in [6.07, 6.45) is -0.683. The van der Waals surface area contributed by atoms with Gasteiger partial charge in [-0.15, -0.1) is 0 Å². The van der Waals surface area contributed by atoms with E-state index in [2.05, 4.69) is 15.4 Å². The van der Waals surface area contributed by atoms with Crippen molar-refractivity contribution in [3.8, 4) is 5.75 Å². The first-order chi connectivity index (χ1) is 11.0. The van der Waals surface area contributed by atoms with Gasteiger partial charge in [0.15, 0.2) is 5.65 Å². The van der Waals surface area contributed by atoms with Crippen LogP contribution in [0.3, 0.4) is 0 Å². The van der Waals surface area contributed by atoms with E-state index < -0.39 is 6.10 Å². The molecule has 0 unspecified atom stereocenters. The van der Waals surface area contributed by atoms with E-state index >= 15 is 0 Å². The molecule has 3 aromatic rings. The number of hydrogen-bond acceptors (Lipinski definition) is 5. The highest BCUT2D eigenvalue weighted by Crippen LogP contribution is 2.20. The first kappa shape index (κ1) is 15.3. The lowest BCUT2D eigenvalue weighted by molar-refractivity contribution is 0.191. The molecule has 0 saturated carbocycles. The van der Waals surface area contributed by atoms with Gasteiger partial charge < -0.3 is 15.5 Å². The van der Waals surface area contributed by atoms with E-state index in [0.717, 1.165) is 34.0 Å². The molecule has 0 aliphatic carbocycles. The summed E-state index contributed by atoms with van der Waals surface area (Å²) in [6, 6.07) is 8.44. The molecule has 6 nitrogen and oxygen atoms in total. The average Bonchev–Trinajstić information content (AvgIpc) is 2.81. The van der Waals surface area contributed by atoms with Crippen LogP contribution in [0.4, 0.5) is 5.82 Å². The van der Waals surface area contributed by atoms with Crippen LogP contribution in [0, 0.1) is 20.8 Å². The van der Waals surface area contributed by atoms with Crippen molar-refractivity contribution in [2.75, 3.05) is 11.9 Å². The second-order valence-electron chi connectivity index (χ2n) is 5.72. The van der Waals surface area contributed by atoms with E-state index in [4.69, 9.17) is 0 Å². The molecular formula is C17H20N4O2. The van der Waals surface area contributed by atoms with Crippen LogP contribution < -0.4 is 5.32 Å². The molecule has 0 saturated heterocycles. The Hall–Kier alpha value is -2.60. The van der Waals surface area contributed by atoms with Gasteiger partial charge in [0.1, 0.15) is 11.6 Å². The zero-order valence-corrected chi connectivity index (χ0v) is 13.4. The number of benzene rings is 1. The summed E-state index contributed by atoms with van der Waals surface area (Å²) >= 11 is 0. The van der Waals surface area contributed by atoms with Crippen molar-refractivity contribution >= 4 is 11.5 Å². The number of hydrogen-bond donors (Lipinski definition) is 3. The second-order valence-corrected chi connectivity index (χ2v) is 5.72. The number of nitrogens with zero attached hydrogens (tertiary/aromatic N) is 3. The van der Waals surface area contributed by atoms with Crippen LogP contribution in [0.25, 0.3) is 5.65 Å². The van der Waals surface area contributed by atoms with Gasteiger partial charge in [0.05, 0.1) is 11.8 Å². The number of aliphatic hydroxyl groups excluding tert-OH is 1. The minimum Gasteiger partial charge on any atom is -0.508 e. The van der Waals surface area contributed by atoms with Gasteiger partial charge in [0.25, 0.3) is 0 Å². The molecule has 0 radical (unpaired) electrons. The third-order valence-corrected chi connectivity index (χ3v) is 3.94. The lowest BCUT2D eigenvalue weighted by Gasteiger charge is -2.14. The van der Waals surface area contributed by atoms with Gasteiger partial charge in [0, 0.05) is 23.9 Å². The van der Waals surface area contributed by atoms with E-state index in [0.29, 0.717) is 6.54 Å². The standard InChI is InChI=1S/C17H20N4O2/c1-10-8-16(21-17(19-10)11(2)12(3)20-21)18-9-15(23)13-4-6-14(22)7-5-13/h4-8,15,18,22-23H,9H2,1-3H3/t15-/m0/s1. The summed E-state index contributed by atoms with van der Waals surface area (Å²) in [6.45, 7) is 6.22. The quantitative estimate of drug-likeness (QED) is 0.689. The van der Waals surface area contributed by atoms with Crippen molar-refractivity contribution in [3.63, 3.8) is 0 Å². The number of aromatic nitrogens is 3. The van der Waals surface area contributed by atoms with Crippen LogP contribution in [-0.2, 0) is 0 Å². The summed E-state index contributed by atoms with van der Waals surface area (Å²) < 4.78 is 1.77. The van der Waals surface area contributed by atoms with Gasteiger partial charge in [-0.3, -0.25) is 0 Å². The Morgan fingerprint density at radius 3 is 2.57 bits per heavy atom. The number of rotatable bonds is 4. The van der Waals surface area contributed by atoms with Crippen molar-refractivity contribution in [2.45, 2.75) is 26.9 Å². The number of aliphatic hydroxyl groups is 1. The van der Waals surface area contributed by atoms with Crippen LogP contribution in [0.2, 0.25) is 0 Å². The van der Waals surface area contributed by atoms with Crippen LogP contribution in [0.15, 0.2) is 30.3 Å². The van der Waals surface area contributed by atoms with Crippen molar-refractivity contribution < 1.29 is 10.2 Å². The molecule has 2 aromatic heterocycles. The van der Waals surface area contributed by atoms with Gasteiger partial charge >= 0.3 is 0 Å². The molecule has 1 atom stereocenters. The lowest BCUT2D eigenvalue weighted by Crippen LogP contribution is -2.15. The maximum absolute atomic E-state index is 10.3. The van der Waals surface area contributed by atoms with Crippen molar-refractivity contribution in [1.82, 2.24) is 14.6 Å². The van der Waals surface area contributed by atoms with Gasteiger partial charge in [-0.1, -0.05) is 12.1 Å². The summed E-state index contributed by atoms with van der Waals surface area (Å²) in [5.41, 5.74) is 4.44. The molecule has 6 heteroatoms. The highest BCUT2D eigenvalue weighted by atomic mass is 16.3. The molecule has 1 aromatic carbocycles. The van der Waals surface area contributed by atoms with E-state index in [1.165, 1.54) is 0 Å². The average molecular weight is 312 g/mol. The monoisotopic (exact) mass is 312 g/mol. The highest BCUT2D eigenvalue weighted by Gasteiger charge is 2.13. The first-order valence-corrected chi connectivity index (χ1v) is 7.50. The largest absolute Gasteiger partial charge is 0.508 e. The molecule has 0 amide bonds. The third kappa shape index (κ3) is 2.98.